The summed E-state index contributed by atoms with van der Waals surface area (Å²) in [6.45, 7) is 0. The summed E-state index contributed by atoms with van der Waals surface area (Å²) >= 11 is 0. The zero-order valence-corrected chi connectivity index (χ0v) is 5.82. The van der Waals surface area contributed by atoms with Crippen molar-refractivity contribution >= 4 is 5.97 Å². The summed E-state index contributed by atoms with van der Waals surface area (Å²) in [5, 5.41) is 21.2. The Morgan fingerprint density at radius 3 is 3.00 bits per heavy atom. The van der Waals surface area contributed by atoms with Gasteiger partial charge in [-0.2, -0.15) is 5.21 Å². The van der Waals surface area contributed by atoms with Crippen molar-refractivity contribution in [1.29, 1.82) is 0 Å². The summed E-state index contributed by atoms with van der Waals surface area (Å²) in [6, 6.07) is 0. The number of aromatic amines is 1. The first-order chi connectivity index (χ1) is 5.29. The number of nitrogens with one attached hydrogen (secondary N) is 1. The molecule has 0 bridgehead atoms. The highest BCUT2D eigenvalue weighted by Gasteiger charge is 2.00. The van der Waals surface area contributed by atoms with E-state index >= 15 is 0 Å². The molecule has 1 aromatic rings. The average Bonchev–Trinajstić information content (AvgIpc) is 2.39. The van der Waals surface area contributed by atoms with Crippen LogP contribution in [0.4, 0.5) is 0 Å². The lowest BCUT2D eigenvalue weighted by Gasteiger charge is -1.89. The third-order valence-corrected chi connectivity index (χ3v) is 1.18. The van der Waals surface area contributed by atoms with Gasteiger partial charge in [-0.25, -0.2) is 0 Å². The normalized spacial score (nSPS) is 9.82. The first-order valence-electron chi connectivity index (χ1n) is 3.23. The van der Waals surface area contributed by atoms with Crippen molar-refractivity contribution in [1.82, 2.24) is 20.6 Å². The summed E-state index contributed by atoms with van der Waals surface area (Å²) < 4.78 is 0. The van der Waals surface area contributed by atoms with E-state index in [0.717, 1.165) is 0 Å². The van der Waals surface area contributed by atoms with Crippen LogP contribution in [0.25, 0.3) is 0 Å². The number of carboxylic acids is 1. The molecule has 60 valence electrons. The van der Waals surface area contributed by atoms with Crippen LogP contribution >= 0.6 is 0 Å². The van der Waals surface area contributed by atoms with Crippen LogP contribution in [0, 0.1) is 0 Å². The first-order valence-corrected chi connectivity index (χ1v) is 3.23. The lowest BCUT2D eigenvalue weighted by molar-refractivity contribution is -0.137. The van der Waals surface area contributed by atoms with Gasteiger partial charge in [0.05, 0.1) is 0 Å². The Morgan fingerprint density at radius 1 is 1.64 bits per heavy atom. The molecule has 0 spiro atoms. The van der Waals surface area contributed by atoms with Gasteiger partial charge >= 0.3 is 5.97 Å². The van der Waals surface area contributed by atoms with Crippen molar-refractivity contribution in [2.45, 2.75) is 19.3 Å². The molecule has 0 unspecified atom stereocenters. The molecule has 0 aliphatic rings. The fourth-order valence-electron chi connectivity index (χ4n) is 0.686. The highest BCUT2D eigenvalue weighted by molar-refractivity contribution is 5.66. The number of nitrogens with zero attached hydrogens (tertiary/aromatic N) is 3. The van der Waals surface area contributed by atoms with Gasteiger partial charge in [-0.05, 0) is 6.42 Å². The number of hydrogen-bond donors (Lipinski definition) is 2. The number of aliphatic carboxylic acids is 1. The van der Waals surface area contributed by atoms with E-state index in [1.54, 1.807) is 0 Å². The Kier molecular flexibility index (Phi) is 2.53. The molecule has 0 aliphatic carbocycles. The minimum atomic E-state index is -0.798. The molecule has 1 aromatic heterocycles. The summed E-state index contributed by atoms with van der Waals surface area (Å²) in [6.07, 6.45) is 1.26. The van der Waals surface area contributed by atoms with Gasteiger partial charge in [0.2, 0.25) is 0 Å². The minimum absolute atomic E-state index is 0.147. The van der Waals surface area contributed by atoms with Crippen LogP contribution in [-0.4, -0.2) is 31.7 Å². The maximum absolute atomic E-state index is 10.1. The molecule has 0 amide bonds. The van der Waals surface area contributed by atoms with Gasteiger partial charge in [0.15, 0.2) is 5.82 Å². The average molecular weight is 156 g/mol. The van der Waals surface area contributed by atoms with Gasteiger partial charge < -0.3 is 5.11 Å². The van der Waals surface area contributed by atoms with Gasteiger partial charge in [0.25, 0.3) is 0 Å². The summed E-state index contributed by atoms with van der Waals surface area (Å²) in [7, 11) is 0. The Morgan fingerprint density at radius 2 is 2.45 bits per heavy atom. The maximum atomic E-state index is 10.1. The number of aromatic nitrogens is 4. The van der Waals surface area contributed by atoms with Crippen LogP contribution < -0.4 is 0 Å². The number of H-pyrrole nitrogens is 1. The fourth-order valence-corrected chi connectivity index (χ4v) is 0.686. The smallest absolute Gasteiger partial charge is 0.303 e. The van der Waals surface area contributed by atoms with Gasteiger partial charge in [-0.15, -0.1) is 10.2 Å². The molecular formula is C5H8N4O2. The van der Waals surface area contributed by atoms with Crippen molar-refractivity contribution in [3.8, 4) is 0 Å². The predicted octanol–water partition coefficient (Wildman–Crippen LogP) is -0.393. The van der Waals surface area contributed by atoms with E-state index < -0.39 is 5.97 Å². The molecule has 6 nitrogen and oxygen atoms in total. The largest absolute Gasteiger partial charge is 0.481 e. The number of hydrogen-bond acceptors (Lipinski definition) is 4. The Hall–Kier alpha value is -1.46. The number of tetrazole rings is 1. The van der Waals surface area contributed by atoms with Crippen LogP contribution in [0.15, 0.2) is 0 Å². The molecule has 2 N–H and O–H groups in total. The lowest BCUT2D eigenvalue weighted by atomic mass is 10.2. The Balaban J connectivity index is 2.19. The number of carbonyl (C=O) groups is 1. The van der Waals surface area contributed by atoms with E-state index in [9.17, 15) is 4.79 Å². The molecule has 6 heteroatoms. The van der Waals surface area contributed by atoms with Crippen molar-refractivity contribution in [2.75, 3.05) is 0 Å². The molecular weight excluding hydrogens is 148 g/mol. The van der Waals surface area contributed by atoms with Crippen molar-refractivity contribution in [3.05, 3.63) is 5.82 Å². The molecule has 1 rings (SSSR count). The molecule has 0 saturated carbocycles. The monoisotopic (exact) mass is 156 g/mol. The number of carboxylic acid groups (broad SMARTS) is 1. The highest BCUT2D eigenvalue weighted by Crippen LogP contribution is 1.95. The van der Waals surface area contributed by atoms with E-state index in [2.05, 4.69) is 20.6 Å². The Labute approximate surface area is 62.6 Å². The minimum Gasteiger partial charge on any atom is -0.481 e. The first kappa shape index (κ1) is 7.64. The van der Waals surface area contributed by atoms with Gasteiger partial charge in [-0.3, -0.25) is 4.79 Å². The van der Waals surface area contributed by atoms with Crippen molar-refractivity contribution < 1.29 is 9.90 Å². The Bertz CT molecular complexity index is 220. The highest BCUT2D eigenvalue weighted by atomic mass is 16.4. The van der Waals surface area contributed by atoms with Crippen molar-refractivity contribution in [3.63, 3.8) is 0 Å². The molecule has 11 heavy (non-hydrogen) atoms. The third-order valence-electron chi connectivity index (χ3n) is 1.18. The second kappa shape index (κ2) is 3.65. The molecule has 0 fully saturated rings. The fraction of sp³-hybridized carbons (Fsp3) is 0.600. The third kappa shape index (κ3) is 2.74. The quantitative estimate of drug-likeness (QED) is 0.619. The molecule has 1 heterocycles. The van der Waals surface area contributed by atoms with Gasteiger partial charge in [0.1, 0.15) is 0 Å². The van der Waals surface area contributed by atoms with Crippen LogP contribution in [0.3, 0.4) is 0 Å². The molecule has 0 saturated heterocycles. The van der Waals surface area contributed by atoms with E-state index in [1.807, 2.05) is 0 Å². The molecule has 0 aliphatic heterocycles. The van der Waals surface area contributed by atoms with Crippen LogP contribution in [-0.2, 0) is 11.2 Å². The molecule has 0 radical (unpaired) electrons. The van der Waals surface area contributed by atoms with Crippen LogP contribution in [0.5, 0.6) is 0 Å². The van der Waals surface area contributed by atoms with E-state index in [1.165, 1.54) is 0 Å². The van der Waals surface area contributed by atoms with E-state index in [0.29, 0.717) is 18.7 Å². The summed E-state index contributed by atoms with van der Waals surface area (Å²) in [4.78, 5) is 10.1. The molecule has 0 atom stereocenters. The topological polar surface area (TPSA) is 91.8 Å². The lowest BCUT2D eigenvalue weighted by Crippen LogP contribution is -1.96. The standard InChI is InChI=1S/C5H8N4O2/c10-5(11)3-1-2-4-6-8-9-7-4/h1-3H2,(H,10,11)(H,6,7,8,9). The summed E-state index contributed by atoms with van der Waals surface area (Å²) in [5.41, 5.74) is 0. The predicted molar refractivity (Wildman–Crippen MR) is 34.8 cm³/mol. The van der Waals surface area contributed by atoms with E-state index in [4.69, 9.17) is 5.11 Å². The second-order valence-electron chi connectivity index (χ2n) is 2.08. The van der Waals surface area contributed by atoms with Crippen molar-refractivity contribution in [2.24, 2.45) is 0 Å². The maximum Gasteiger partial charge on any atom is 0.303 e. The van der Waals surface area contributed by atoms with Crippen LogP contribution in [0.2, 0.25) is 0 Å². The van der Waals surface area contributed by atoms with Gasteiger partial charge in [-0.1, -0.05) is 5.21 Å². The second-order valence-corrected chi connectivity index (χ2v) is 2.08. The number of aryl methyl sites for hydroxylation is 1. The zero-order valence-electron chi connectivity index (χ0n) is 5.82. The van der Waals surface area contributed by atoms with Crippen LogP contribution in [0.1, 0.15) is 18.7 Å². The zero-order chi connectivity index (χ0) is 8.10. The number of rotatable bonds is 4. The molecule has 0 aromatic carbocycles. The van der Waals surface area contributed by atoms with E-state index in [-0.39, 0.29) is 6.42 Å². The SMILES string of the molecule is O=C(O)CCCc1nn[nH]n1. The summed E-state index contributed by atoms with van der Waals surface area (Å²) in [5.74, 6) is -0.236. The van der Waals surface area contributed by atoms with Gasteiger partial charge in [0, 0.05) is 12.8 Å².